The first-order valence-corrected chi connectivity index (χ1v) is 9.16. The number of rotatable bonds is 2. The van der Waals surface area contributed by atoms with Crippen LogP contribution in [0.25, 0.3) is 0 Å². The summed E-state index contributed by atoms with van der Waals surface area (Å²) in [4.78, 5) is 5.08. The van der Waals surface area contributed by atoms with Crippen LogP contribution in [0.2, 0.25) is 0 Å². The van der Waals surface area contributed by atoms with E-state index in [1.807, 2.05) is 11.3 Å². The first-order chi connectivity index (χ1) is 9.32. The van der Waals surface area contributed by atoms with E-state index in [1.165, 1.54) is 49.2 Å². The molecule has 0 amide bonds. The highest BCUT2D eigenvalue weighted by atomic mass is 32.1. The molecule has 0 N–H and O–H groups in total. The third-order valence-electron chi connectivity index (χ3n) is 6.19. The Morgan fingerprint density at radius 2 is 1.75 bits per heavy atom. The van der Waals surface area contributed by atoms with E-state index < -0.39 is 0 Å². The summed E-state index contributed by atoms with van der Waals surface area (Å²) in [6, 6.07) is 0. The SMILES string of the molecule is CC(C)c1csc(C23CC4CC(C)(CC(C)(C4)C2)C3)n1. The summed E-state index contributed by atoms with van der Waals surface area (Å²) >= 11 is 1.95. The van der Waals surface area contributed by atoms with Crippen LogP contribution in [0.3, 0.4) is 0 Å². The van der Waals surface area contributed by atoms with Gasteiger partial charge in [0.1, 0.15) is 0 Å². The van der Waals surface area contributed by atoms with E-state index in [1.54, 1.807) is 0 Å². The molecule has 0 radical (unpaired) electrons. The molecule has 4 aliphatic carbocycles. The second-order valence-electron chi connectivity index (χ2n) is 9.14. The predicted octanol–water partition coefficient (Wildman–Crippen LogP) is 5.51. The van der Waals surface area contributed by atoms with Crippen LogP contribution >= 0.6 is 11.3 Å². The molecule has 2 atom stereocenters. The minimum absolute atomic E-state index is 0.431. The molecule has 20 heavy (non-hydrogen) atoms. The molecule has 4 saturated carbocycles. The molecule has 1 aromatic heterocycles. The molecule has 2 unspecified atom stereocenters. The summed E-state index contributed by atoms with van der Waals surface area (Å²) in [5, 5.41) is 3.80. The molecule has 1 nitrogen and oxygen atoms in total. The third-order valence-corrected chi connectivity index (χ3v) is 7.30. The van der Waals surface area contributed by atoms with Gasteiger partial charge in [-0.15, -0.1) is 11.3 Å². The molecule has 0 spiro atoms. The first-order valence-electron chi connectivity index (χ1n) is 8.28. The van der Waals surface area contributed by atoms with Gasteiger partial charge in [0.25, 0.3) is 0 Å². The van der Waals surface area contributed by atoms with Gasteiger partial charge in [0.15, 0.2) is 0 Å². The van der Waals surface area contributed by atoms with Gasteiger partial charge in [-0.05, 0) is 61.2 Å². The quantitative estimate of drug-likeness (QED) is 0.699. The molecule has 0 aliphatic heterocycles. The van der Waals surface area contributed by atoms with Crippen LogP contribution in [0.15, 0.2) is 5.38 Å². The molecule has 2 heteroatoms. The van der Waals surface area contributed by atoms with E-state index in [0.29, 0.717) is 22.2 Å². The van der Waals surface area contributed by atoms with Crippen molar-refractivity contribution < 1.29 is 0 Å². The predicted molar refractivity (Wildman–Crippen MR) is 85.3 cm³/mol. The first kappa shape index (κ1) is 13.3. The Bertz CT molecular complexity index is 525. The van der Waals surface area contributed by atoms with Gasteiger partial charge in [0.05, 0.1) is 10.7 Å². The lowest BCUT2D eigenvalue weighted by atomic mass is 9.40. The van der Waals surface area contributed by atoms with Gasteiger partial charge in [-0.1, -0.05) is 27.7 Å². The van der Waals surface area contributed by atoms with Crippen LogP contribution in [0.5, 0.6) is 0 Å². The molecule has 110 valence electrons. The van der Waals surface area contributed by atoms with Gasteiger partial charge >= 0.3 is 0 Å². The Kier molecular flexibility index (Phi) is 2.58. The van der Waals surface area contributed by atoms with E-state index in [-0.39, 0.29) is 0 Å². The fraction of sp³-hybridized carbons (Fsp3) is 0.833. The Labute approximate surface area is 127 Å². The zero-order valence-electron chi connectivity index (χ0n) is 13.3. The van der Waals surface area contributed by atoms with E-state index >= 15 is 0 Å². The van der Waals surface area contributed by atoms with Crippen molar-refractivity contribution in [3.05, 3.63) is 16.1 Å². The van der Waals surface area contributed by atoms with Gasteiger partial charge in [-0.2, -0.15) is 0 Å². The molecular formula is C18H27NS. The number of aromatic nitrogens is 1. The lowest BCUT2D eigenvalue weighted by molar-refractivity contribution is -0.110. The molecule has 0 saturated heterocycles. The Balaban J connectivity index is 1.76. The summed E-state index contributed by atoms with van der Waals surface area (Å²) < 4.78 is 0. The Morgan fingerprint density at radius 1 is 1.10 bits per heavy atom. The van der Waals surface area contributed by atoms with Gasteiger partial charge in [-0.3, -0.25) is 0 Å². The Hall–Kier alpha value is -0.370. The highest BCUT2D eigenvalue weighted by molar-refractivity contribution is 7.09. The minimum atomic E-state index is 0.431. The molecular weight excluding hydrogens is 262 g/mol. The lowest BCUT2D eigenvalue weighted by Gasteiger charge is -2.64. The summed E-state index contributed by atoms with van der Waals surface area (Å²) in [6.07, 6.45) is 8.64. The summed E-state index contributed by atoms with van der Waals surface area (Å²) in [5.74, 6) is 1.53. The Morgan fingerprint density at radius 3 is 2.25 bits per heavy atom. The maximum Gasteiger partial charge on any atom is 0.0990 e. The minimum Gasteiger partial charge on any atom is -0.245 e. The second kappa shape index (κ2) is 3.88. The average molecular weight is 289 g/mol. The van der Waals surface area contributed by atoms with E-state index in [9.17, 15) is 0 Å². The van der Waals surface area contributed by atoms with Crippen molar-refractivity contribution in [3.8, 4) is 0 Å². The zero-order valence-corrected chi connectivity index (χ0v) is 14.1. The lowest BCUT2D eigenvalue weighted by Crippen LogP contribution is -2.56. The van der Waals surface area contributed by atoms with Crippen molar-refractivity contribution in [1.82, 2.24) is 4.98 Å². The normalized spacial score (nSPS) is 46.4. The summed E-state index contributed by atoms with van der Waals surface area (Å²) in [5.41, 5.74) is 2.94. The van der Waals surface area contributed by atoms with Gasteiger partial charge < -0.3 is 0 Å². The summed E-state index contributed by atoms with van der Waals surface area (Å²) in [7, 11) is 0. The molecule has 5 rings (SSSR count). The largest absolute Gasteiger partial charge is 0.245 e. The van der Waals surface area contributed by atoms with Crippen molar-refractivity contribution in [1.29, 1.82) is 0 Å². The van der Waals surface area contributed by atoms with Crippen LogP contribution < -0.4 is 0 Å². The van der Waals surface area contributed by atoms with Gasteiger partial charge in [0, 0.05) is 10.8 Å². The van der Waals surface area contributed by atoms with Crippen molar-refractivity contribution in [2.45, 2.75) is 77.6 Å². The average Bonchev–Trinajstić information content (AvgIpc) is 2.72. The maximum atomic E-state index is 5.08. The number of nitrogens with zero attached hydrogens (tertiary/aromatic N) is 1. The maximum absolute atomic E-state index is 5.08. The van der Waals surface area contributed by atoms with Crippen molar-refractivity contribution in [2.24, 2.45) is 16.7 Å². The standard InChI is InChI=1S/C18H27NS/c1-12(2)14-8-20-15(19-14)18-7-13-5-16(3,10-18)9-17(4,6-13)11-18/h8,12-13H,5-7,9-11H2,1-4H3. The van der Waals surface area contributed by atoms with Crippen LogP contribution in [0.4, 0.5) is 0 Å². The molecule has 4 aliphatic rings. The molecule has 4 fully saturated rings. The highest BCUT2D eigenvalue weighted by Gasteiger charge is 2.61. The second-order valence-corrected chi connectivity index (χ2v) is 10.0. The van der Waals surface area contributed by atoms with Crippen LogP contribution in [0, 0.1) is 16.7 Å². The zero-order chi connectivity index (χ0) is 14.2. The van der Waals surface area contributed by atoms with E-state index in [0.717, 1.165) is 5.92 Å². The molecule has 4 bridgehead atoms. The van der Waals surface area contributed by atoms with Crippen LogP contribution in [0.1, 0.15) is 82.8 Å². The van der Waals surface area contributed by atoms with Gasteiger partial charge in [-0.25, -0.2) is 4.98 Å². The third kappa shape index (κ3) is 1.83. The monoisotopic (exact) mass is 289 g/mol. The smallest absolute Gasteiger partial charge is 0.0990 e. The van der Waals surface area contributed by atoms with Gasteiger partial charge in [0.2, 0.25) is 0 Å². The summed E-state index contributed by atoms with van der Waals surface area (Å²) in [6.45, 7) is 9.64. The van der Waals surface area contributed by atoms with Crippen LogP contribution in [-0.2, 0) is 5.41 Å². The fourth-order valence-electron chi connectivity index (χ4n) is 6.48. The number of thiazole rings is 1. The highest BCUT2D eigenvalue weighted by Crippen LogP contribution is 2.70. The van der Waals surface area contributed by atoms with Crippen LogP contribution in [-0.4, -0.2) is 4.98 Å². The van der Waals surface area contributed by atoms with Crippen molar-refractivity contribution in [2.75, 3.05) is 0 Å². The molecule has 0 aromatic carbocycles. The number of hydrogen-bond acceptors (Lipinski definition) is 2. The topological polar surface area (TPSA) is 12.9 Å². The molecule has 1 aromatic rings. The fourth-order valence-corrected chi connectivity index (χ4v) is 7.67. The van der Waals surface area contributed by atoms with E-state index in [4.69, 9.17) is 4.98 Å². The number of hydrogen-bond donors (Lipinski definition) is 0. The molecule has 1 heterocycles. The van der Waals surface area contributed by atoms with E-state index in [2.05, 4.69) is 33.1 Å². The van der Waals surface area contributed by atoms with Crippen molar-refractivity contribution >= 4 is 11.3 Å². The van der Waals surface area contributed by atoms with Crippen molar-refractivity contribution in [3.63, 3.8) is 0 Å².